The van der Waals surface area contributed by atoms with Crippen molar-refractivity contribution in [3.63, 3.8) is 0 Å². The van der Waals surface area contributed by atoms with E-state index in [1.54, 1.807) is 24.3 Å². The van der Waals surface area contributed by atoms with E-state index in [9.17, 15) is 24.6 Å². The first-order valence-corrected chi connectivity index (χ1v) is 12.3. The summed E-state index contributed by atoms with van der Waals surface area (Å²) in [4.78, 5) is 39.0. The summed E-state index contributed by atoms with van der Waals surface area (Å²) in [5, 5.41) is 24.0. The van der Waals surface area contributed by atoms with Crippen molar-refractivity contribution in [2.45, 2.75) is 37.6 Å². The minimum absolute atomic E-state index is 0.00584. The number of aliphatic hydroxyl groups excluding tert-OH is 2. The van der Waals surface area contributed by atoms with Gasteiger partial charge in [0.1, 0.15) is 18.5 Å². The fourth-order valence-corrected chi connectivity index (χ4v) is 5.14. The molecule has 1 aliphatic carbocycles. The van der Waals surface area contributed by atoms with Crippen LogP contribution in [0.3, 0.4) is 0 Å². The lowest BCUT2D eigenvalue weighted by atomic mass is 9.77. The number of amides is 2. The molecule has 3 N–H and O–H groups in total. The van der Waals surface area contributed by atoms with E-state index >= 15 is 0 Å². The Bertz CT molecular complexity index is 1270. The average Bonchev–Trinajstić information content (AvgIpc) is 3.27. The summed E-state index contributed by atoms with van der Waals surface area (Å²) in [6.07, 6.45) is 0.00664. The van der Waals surface area contributed by atoms with Crippen LogP contribution in [0.5, 0.6) is 11.5 Å². The minimum atomic E-state index is -1.23. The molecule has 0 spiro atoms. The number of fused-ring (bicyclic) bond motifs is 3. The fraction of sp³-hybridized carbons (Fsp3) is 0.346. The summed E-state index contributed by atoms with van der Waals surface area (Å²) >= 11 is 12.2. The molecule has 1 aliphatic heterocycles. The largest absolute Gasteiger partial charge is 0.493 e. The van der Waals surface area contributed by atoms with Gasteiger partial charge in [-0.1, -0.05) is 29.3 Å². The van der Waals surface area contributed by atoms with E-state index in [4.69, 9.17) is 32.7 Å². The van der Waals surface area contributed by atoms with Crippen LogP contribution in [0, 0.1) is 0 Å². The van der Waals surface area contributed by atoms with Crippen molar-refractivity contribution in [1.29, 1.82) is 0 Å². The molecule has 0 aromatic heterocycles. The number of ether oxygens (including phenoxy) is 2. The lowest BCUT2D eigenvalue weighted by Gasteiger charge is -2.40. The topological polar surface area (TPSA) is 125 Å². The van der Waals surface area contributed by atoms with Crippen LogP contribution in [0.25, 0.3) is 0 Å². The van der Waals surface area contributed by atoms with Crippen LogP contribution in [0.4, 0.5) is 0 Å². The van der Waals surface area contributed by atoms with Crippen molar-refractivity contribution in [3.8, 4) is 11.5 Å². The Balaban J connectivity index is 1.80. The van der Waals surface area contributed by atoms with Crippen LogP contribution >= 0.6 is 23.2 Å². The van der Waals surface area contributed by atoms with Gasteiger partial charge in [-0.15, -0.1) is 0 Å². The summed E-state index contributed by atoms with van der Waals surface area (Å²) in [6.45, 7) is 1.18. The summed E-state index contributed by atoms with van der Waals surface area (Å²) in [5.41, 5.74) is 1.73. The normalized spacial score (nSPS) is 21.7. The molecule has 4 unspecified atom stereocenters. The first kappa shape index (κ1) is 26.9. The molecule has 11 heteroatoms. The van der Waals surface area contributed by atoms with Crippen molar-refractivity contribution < 1.29 is 34.1 Å². The van der Waals surface area contributed by atoms with Crippen molar-refractivity contribution in [2.24, 2.45) is 0 Å². The maximum absolute atomic E-state index is 13.2. The number of rotatable bonds is 8. The molecular weight excluding hydrogens is 523 g/mol. The van der Waals surface area contributed by atoms with E-state index in [2.05, 4.69) is 5.32 Å². The lowest BCUT2D eigenvalue weighted by Crippen LogP contribution is -2.55. The van der Waals surface area contributed by atoms with Gasteiger partial charge < -0.3 is 29.9 Å². The molecule has 2 amide bonds. The Morgan fingerprint density at radius 3 is 2.59 bits per heavy atom. The van der Waals surface area contributed by atoms with E-state index in [0.29, 0.717) is 38.8 Å². The molecule has 9 nitrogen and oxygen atoms in total. The maximum atomic E-state index is 13.2. The number of nitrogens with one attached hydrogen (secondary N) is 1. The highest BCUT2D eigenvalue weighted by molar-refractivity contribution is 6.42. The number of carbonyl (C=O) groups is 3. The predicted molar refractivity (Wildman–Crippen MR) is 136 cm³/mol. The number of hydrogen-bond donors (Lipinski definition) is 3. The molecule has 2 aliphatic rings. The van der Waals surface area contributed by atoms with Gasteiger partial charge in [-0.25, -0.2) is 0 Å². The van der Waals surface area contributed by atoms with Gasteiger partial charge in [-0.3, -0.25) is 14.4 Å². The number of hydrogen-bond acceptors (Lipinski definition) is 7. The Morgan fingerprint density at radius 1 is 1.22 bits per heavy atom. The third kappa shape index (κ3) is 5.17. The zero-order chi connectivity index (χ0) is 26.9. The Morgan fingerprint density at radius 2 is 1.97 bits per heavy atom. The van der Waals surface area contributed by atoms with Crippen LogP contribution in [0.1, 0.15) is 34.3 Å². The summed E-state index contributed by atoms with van der Waals surface area (Å²) in [6, 6.07) is 7.12. The predicted octanol–water partition coefficient (Wildman–Crippen LogP) is 2.49. The molecule has 2 aromatic rings. The van der Waals surface area contributed by atoms with Crippen LogP contribution in [-0.4, -0.2) is 71.7 Å². The molecule has 0 bridgehead atoms. The SMILES string of the molecule is COc1cc(C=O)cc2c1OC1C2C(C(=O)NCCO)=CC(N(Cc2ccc(Cl)c(Cl)c2)C(C)=O)C1O. The highest BCUT2D eigenvalue weighted by Gasteiger charge is 2.51. The van der Waals surface area contributed by atoms with Gasteiger partial charge >= 0.3 is 0 Å². The molecule has 37 heavy (non-hydrogen) atoms. The van der Waals surface area contributed by atoms with E-state index in [1.807, 2.05) is 0 Å². The van der Waals surface area contributed by atoms with E-state index < -0.39 is 30.1 Å². The molecule has 4 atom stereocenters. The van der Waals surface area contributed by atoms with Gasteiger partial charge in [0, 0.05) is 36.7 Å². The van der Waals surface area contributed by atoms with Gasteiger partial charge in [0.15, 0.2) is 11.5 Å². The first-order valence-electron chi connectivity index (χ1n) is 11.5. The maximum Gasteiger partial charge on any atom is 0.247 e. The van der Waals surface area contributed by atoms with E-state index in [1.165, 1.54) is 31.1 Å². The molecule has 2 aromatic carbocycles. The third-order valence-corrected chi connectivity index (χ3v) is 7.25. The van der Waals surface area contributed by atoms with Crippen LogP contribution in [0.15, 0.2) is 42.0 Å². The monoisotopic (exact) mass is 548 g/mol. The molecule has 4 rings (SSSR count). The Kier molecular flexibility index (Phi) is 8.08. The van der Waals surface area contributed by atoms with Gasteiger partial charge in [0.05, 0.1) is 35.7 Å². The third-order valence-electron chi connectivity index (χ3n) is 6.51. The number of aliphatic hydroxyl groups is 2. The lowest BCUT2D eigenvalue weighted by molar-refractivity contribution is -0.135. The van der Waals surface area contributed by atoms with Crippen molar-refractivity contribution in [3.05, 3.63) is 68.7 Å². The van der Waals surface area contributed by atoms with Gasteiger partial charge in [0.25, 0.3) is 0 Å². The number of aldehydes is 1. The van der Waals surface area contributed by atoms with E-state index in [-0.39, 0.29) is 36.9 Å². The standard InChI is InChI=1S/C26H26Cl2N2O7/c1-13(33)30(11-14-3-4-18(27)19(28)8-14)20-10-17(26(35)29-5-6-31)22-16-7-15(12-32)9-21(36-2)24(16)37-25(22)23(20)34/h3-4,7-10,12,20,22-23,25,31,34H,5-6,11H2,1-2H3,(H,29,35). The summed E-state index contributed by atoms with van der Waals surface area (Å²) < 4.78 is 11.5. The molecule has 0 saturated carbocycles. The van der Waals surface area contributed by atoms with E-state index in [0.717, 1.165) is 0 Å². The number of benzene rings is 2. The number of halogens is 2. The van der Waals surface area contributed by atoms with Crippen molar-refractivity contribution in [1.82, 2.24) is 10.2 Å². The van der Waals surface area contributed by atoms with Gasteiger partial charge in [-0.05, 0) is 35.9 Å². The second kappa shape index (κ2) is 11.1. The quantitative estimate of drug-likeness (QED) is 0.432. The zero-order valence-corrected chi connectivity index (χ0v) is 21.6. The molecule has 196 valence electrons. The highest BCUT2D eigenvalue weighted by atomic mass is 35.5. The molecule has 0 saturated heterocycles. The second-order valence-corrected chi connectivity index (χ2v) is 9.61. The Labute approximate surface area is 223 Å². The Hall–Kier alpha value is -3.11. The molecule has 0 fully saturated rings. The van der Waals surface area contributed by atoms with Crippen molar-refractivity contribution in [2.75, 3.05) is 20.3 Å². The number of methoxy groups -OCH3 is 1. The molecular formula is C26H26Cl2N2O7. The molecule has 1 heterocycles. The molecule has 0 radical (unpaired) electrons. The van der Waals surface area contributed by atoms with Crippen LogP contribution in [-0.2, 0) is 16.1 Å². The average molecular weight is 549 g/mol. The minimum Gasteiger partial charge on any atom is -0.493 e. The second-order valence-electron chi connectivity index (χ2n) is 8.80. The number of nitrogens with zero attached hydrogens (tertiary/aromatic N) is 1. The fourth-order valence-electron chi connectivity index (χ4n) is 4.82. The van der Waals surface area contributed by atoms with Crippen LogP contribution in [0.2, 0.25) is 10.0 Å². The van der Waals surface area contributed by atoms with Crippen molar-refractivity contribution >= 4 is 41.3 Å². The summed E-state index contributed by atoms with van der Waals surface area (Å²) in [5.74, 6) is -0.996. The summed E-state index contributed by atoms with van der Waals surface area (Å²) in [7, 11) is 1.42. The van der Waals surface area contributed by atoms with Crippen LogP contribution < -0.4 is 14.8 Å². The van der Waals surface area contributed by atoms with Gasteiger partial charge in [0.2, 0.25) is 11.8 Å². The zero-order valence-electron chi connectivity index (χ0n) is 20.1. The first-order chi connectivity index (χ1) is 17.7. The highest BCUT2D eigenvalue weighted by Crippen LogP contribution is 2.51. The smallest absolute Gasteiger partial charge is 0.247 e. The van der Waals surface area contributed by atoms with Gasteiger partial charge in [-0.2, -0.15) is 0 Å². The number of carbonyl (C=O) groups excluding carboxylic acids is 3.